The van der Waals surface area contributed by atoms with Crippen LogP contribution in [0, 0.1) is 0 Å². The summed E-state index contributed by atoms with van der Waals surface area (Å²) in [5.74, 6) is 1.72. The zero-order valence-electron chi connectivity index (χ0n) is 15.5. The molecule has 0 unspecified atom stereocenters. The lowest BCUT2D eigenvalue weighted by Crippen LogP contribution is -2.13. The van der Waals surface area contributed by atoms with Gasteiger partial charge >= 0.3 is 0 Å². The highest BCUT2D eigenvalue weighted by Crippen LogP contribution is 2.27. The largest absolute Gasteiger partial charge is 0.496 e. The molecule has 3 nitrogen and oxygen atoms in total. The van der Waals surface area contributed by atoms with Gasteiger partial charge in [-0.2, -0.15) is 0 Å². The second kappa shape index (κ2) is 11.3. The van der Waals surface area contributed by atoms with Crippen LogP contribution in [0.4, 0.5) is 0 Å². The fourth-order valence-electron chi connectivity index (χ4n) is 2.70. The van der Waals surface area contributed by atoms with E-state index in [0.29, 0.717) is 6.61 Å². The van der Waals surface area contributed by atoms with Crippen molar-refractivity contribution in [3.8, 4) is 11.5 Å². The Balaban J connectivity index is 0.00000280. The first-order chi connectivity index (χ1) is 13.2. The molecule has 0 spiro atoms. The Hall–Kier alpha value is -1.72. The number of ether oxygens (including phenoxy) is 2. The molecule has 0 saturated carbocycles. The maximum atomic E-state index is 5.91. The molecule has 0 aliphatic carbocycles. The van der Waals surface area contributed by atoms with Crippen molar-refractivity contribution >= 4 is 39.9 Å². The van der Waals surface area contributed by atoms with Gasteiger partial charge in [0.05, 0.1) is 11.6 Å². The van der Waals surface area contributed by atoms with Crippen molar-refractivity contribution in [1.29, 1.82) is 0 Å². The summed E-state index contributed by atoms with van der Waals surface area (Å²) in [5.41, 5.74) is 3.39. The van der Waals surface area contributed by atoms with E-state index in [1.807, 2.05) is 48.5 Å². The van der Waals surface area contributed by atoms with Crippen LogP contribution in [0.3, 0.4) is 0 Å². The summed E-state index contributed by atoms with van der Waals surface area (Å²) in [5, 5.41) is 4.18. The van der Waals surface area contributed by atoms with E-state index in [2.05, 4.69) is 39.4 Å². The van der Waals surface area contributed by atoms with Crippen LogP contribution in [-0.4, -0.2) is 7.11 Å². The topological polar surface area (TPSA) is 30.5 Å². The first-order valence-electron chi connectivity index (χ1n) is 8.64. The summed E-state index contributed by atoms with van der Waals surface area (Å²) < 4.78 is 12.2. The number of methoxy groups -OCH3 is 1. The molecule has 0 heterocycles. The molecule has 3 rings (SSSR count). The van der Waals surface area contributed by atoms with Crippen LogP contribution in [0.5, 0.6) is 11.5 Å². The van der Waals surface area contributed by atoms with Crippen LogP contribution in [0.2, 0.25) is 5.02 Å². The maximum absolute atomic E-state index is 5.91. The lowest BCUT2D eigenvalue weighted by atomic mass is 10.2. The van der Waals surface area contributed by atoms with Gasteiger partial charge in [0.15, 0.2) is 0 Å². The van der Waals surface area contributed by atoms with Gasteiger partial charge < -0.3 is 14.8 Å². The minimum atomic E-state index is 0. The molecule has 0 aromatic heterocycles. The normalized spacial score (nSPS) is 10.2. The zero-order valence-corrected chi connectivity index (χ0v) is 18.6. The number of halogens is 3. The minimum absolute atomic E-state index is 0. The molecule has 28 heavy (non-hydrogen) atoms. The highest BCUT2D eigenvalue weighted by molar-refractivity contribution is 9.10. The molecule has 0 bridgehead atoms. The molecule has 0 aliphatic rings. The molecule has 0 fully saturated rings. The average Bonchev–Trinajstić information content (AvgIpc) is 2.69. The summed E-state index contributed by atoms with van der Waals surface area (Å²) in [4.78, 5) is 0. The molecular formula is C22H22BrCl2NO2. The van der Waals surface area contributed by atoms with E-state index >= 15 is 0 Å². The van der Waals surface area contributed by atoms with E-state index in [-0.39, 0.29) is 12.4 Å². The Labute approximate surface area is 185 Å². The van der Waals surface area contributed by atoms with Gasteiger partial charge in [0.25, 0.3) is 0 Å². The summed E-state index contributed by atoms with van der Waals surface area (Å²) in [6.07, 6.45) is 0. The highest BCUT2D eigenvalue weighted by atomic mass is 79.9. The molecule has 1 N–H and O–H groups in total. The molecule has 0 amide bonds. The van der Waals surface area contributed by atoms with Gasteiger partial charge in [0, 0.05) is 23.7 Å². The number of hydrogen-bond acceptors (Lipinski definition) is 3. The Bertz CT molecular complexity index is 888. The van der Waals surface area contributed by atoms with Gasteiger partial charge in [-0.05, 0) is 57.4 Å². The second-order valence-corrected chi connectivity index (χ2v) is 7.39. The smallest absolute Gasteiger partial charge is 0.134 e. The fourth-order valence-corrected chi connectivity index (χ4v) is 3.37. The minimum Gasteiger partial charge on any atom is -0.496 e. The highest BCUT2D eigenvalue weighted by Gasteiger charge is 2.05. The first-order valence-corrected chi connectivity index (χ1v) is 9.81. The van der Waals surface area contributed by atoms with E-state index in [4.69, 9.17) is 21.1 Å². The zero-order chi connectivity index (χ0) is 19.1. The van der Waals surface area contributed by atoms with E-state index < -0.39 is 0 Å². The fraction of sp³-hybridized carbons (Fsp3) is 0.182. The van der Waals surface area contributed by atoms with Crippen molar-refractivity contribution in [2.24, 2.45) is 0 Å². The Morgan fingerprint density at radius 1 is 0.893 bits per heavy atom. The summed E-state index contributed by atoms with van der Waals surface area (Å²) in [6, 6.07) is 21.8. The molecular weight excluding hydrogens is 461 g/mol. The number of benzene rings is 3. The molecule has 3 aromatic rings. The van der Waals surface area contributed by atoms with Crippen molar-refractivity contribution in [3.05, 3.63) is 92.9 Å². The molecule has 148 valence electrons. The summed E-state index contributed by atoms with van der Waals surface area (Å²) >= 11 is 9.51. The third kappa shape index (κ3) is 6.42. The predicted octanol–water partition coefficient (Wildman–Crippen LogP) is 6.40. The Morgan fingerprint density at radius 3 is 2.32 bits per heavy atom. The SMILES string of the molecule is COc1ccccc1CNCc1ccc(OCc2ccc(Cl)cc2)c(Br)c1.Cl. The lowest BCUT2D eigenvalue weighted by molar-refractivity contribution is 0.304. The average molecular weight is 483 g/mol. The van der Waals surface area contributed by atoms with Gasteiger partial charge in [-0.25, -0.2) is 0 Å². The molecule has 0 atom stereocenters. The Kier molecular flexibility index (Phi) is 9.13. The number of nitrogens with one attached hydrogen (secondary N) is 1. The van der Waals surface area contributed by atoms with Crippen molar-refractivity contribution in [2.75, 3.05) is 7.11 Å². The third-order valence-electron chi connectivity index (χ3n) is 4.14. The van der Waals surface area contributed by atoms with Crippen molar-refractivity contribution < 1.29 is 9.47 Å². The van der Waals surface area contributed by atoms with Crippen LogP contribution in [0.1, 0.15) is 16.7 Å². The number of hydrogen-bond donors (Lipinski definition) is 1. The van der Waals surface area contributed by atoms with Gasteiger partial charge in [0.1, 0.15) is 18.1 Å². The monoisotopic (exact) mass is 481 g/mol. The summed E-state index contributed by atoms with van der Waals surface area (Å²) in [7, 11) is 1.69. The van der Waals surface area contributed by atoms with Crippen molar-refractivity contribution in [3.63, 3.8) is 0 Å². The number of para-hydroxylation sites is 1. The van der Waals surface area contributed by atoms with Gasteiger partial charge in [-0.3, -0.25) is 0 Å². The van der Waals surface area contributed by atoms with Crippen molar-refractivity contribution in [2.45, 2.75) is 19.7 Å². The summed E-state index contributed by atoms with van der Waals surface area (Å²) in [6.45, 7) is 2.01. The van der Waals surface area contributed by atoms with E-state index in [9.17, 15) is 0 Å². The molecule has 3 aromatic carbocycles. The second-order valence-electron chi connectivity index (χ2n) is 6.10. The number of rotatable bonds is 8. The molecule has 0 saturated heterocycles. The molecule has 0 aliphatic heterocycles. The van der Waals surface area contributed by atoms with Crippen LogP contribution in [-0.2, 0) is 19.7 Å². The van der Waals surface area contributed by atoms with Crippen LogP contribution < -0.4 is 14.8 Å². The van der Waals surface area contributed by atoms with E-state index in [1.54, 1.807) is 7.11 Å². The lowest BCUT2D eigenvalue weighted by Gasteiger charge is -2.12. The molecule has 0 radical (unpaired) electrons. The van der Waals surface area contributed by atoms with Crippen LogP contribution in [0.15, 0.2) is 71.2 Å². The van der Waals surface area contributed by atoms with Gasteiger partial charge in [-0.15, -0.1) is 12.4 Å². The maximum Gasteiger partial charge on any atom is 0.134 e. The molecule has 6 heteroatoms. The quantitative estimate of drug-likeness (QED) is 0.402. The first kappa shape index (κ1) is 22.6. The van der Waals surface area contributed by atoms with Gasteiger partial charge in [-0.1, -0.05) is 48.0 Å². The Morgan fingerprint density at radius 2 is 1.61 bits per heavy atom. The van der Waals surface area contributed by atoms with Crippen molar-refractivity contribution in [1.82, 2.24) is 5.32 Å². The van der Waals surface area contributed by atoms with Crippen LogP contribution >= 0.6 is 39.9 Å². The standard InChI is InChI=1S/C22H21BrClNO2.ClH/c1-26-21-5-3-2-4-18(21)14-25-13-17-8-11-22(20(23)12-17)27-15-16-6-9-19(24)10-7-16;/h2-12,25H,13-15H2,1H3;1H. The van der Waals surface area contributed by atoms with E-state index in [0.717, 1.165) is 45.2 Å². The van der Waals surface area contributed by atoms with Gasteiger partial charge in [0.2, 0.25) is 0 Å². The third-order valence-corrected chi connectivity index (χ3v) is 5.01. The van der Waals surface area contributed by atoms with Crippen LogP contribution in [0.25, 0.3) is 0 Å². The van der Waals surface area contributed by atoms with E-state index in [1.165, 1.54) is 5.56 Å². The predicted molar refractivity (Wildman–Crippen MR) is 121 cm³/mol.